The van der Waals surface area contributed by atoms with Gasteiger partial charge in [-0.3, -0.25) is 14.9 Å². The van der Waals surface area contributed by atoms with Crippen molar-refractivity contribution in [1.82, 2.24) is 0 Å². The van der Waals surface area contributed by atoms with Crippen LogP contribution in [0, 0.1) is 15.5 Å². The van der Waals surface area contributed by atoms with E-state index in [0.29, 0.717) is 30.6 Å². The van der Waals surface area contributed by atoms with Crippen molar-refractivity contribution in [2.45, 2.75) is 32.1 Å². The maximum Gasteiger partial charge on any atom is 0.309 e. The van der Waals surface area contributed by atoms with E-state index in [1.54, 1.807) is 6.07 Å². The first-order valence-electron chi connectivity index (χ1n) is 6.53. The Hall–Kier alpha value is -2.11. The van der Waals surface area contributed by atoms with Crippen molar-refractivity contribution in [2.24, 2.45) is 5.41 Å². The molecule has 1 aliphatic carbocycles. The fourth-order valence-electron chi connectivity index (χ4n) is 2.88. The molecule has 1 saturated carbocycles. The Morgan fingerprint density at radius 3 is 2.55 bits per heavy atom. The van der Waals surface area contributed by atoms with Crippen LogP contribution in [0.15, 0.2) is 18.2 Å². The molecular weight excluding hydrogens is 262 g/mol. The zero-order valence-electron chi connectivity index (χ0n) is 11.3. The summed E-state index contributed by atoms with van der Waals surface area (Å²) in [6, 6.07) is 4.45. The summed E-state index contributed by atoms with van der Waals surface area (Å²) in [5.74, 6) is -0.437. The number of ether oxygens (including phenoxy) is 1. The van der Waals surface area contributed by atoms with Gasteiger partial charge in [0.15, 0.2) is 0 Å². The number of carbonyl (C=O) groups is 1. The van der Waals surface area contributed by atoms with Crippen molar-refractivity contribution in [3.8, 4) is 5.75 Å². The molecule has 108 valence electrons. The molecule has 1 aromatic carbocycles. The van der Waals surface area contributed by atoms with Crippen molar-refractivity contribution in [3.05, 3.63) is 33.9 Å². The van der Waals surface area contributed by atoms with Crippen LogP contribution in [0.1, 0.15) is 31.2 Å². The van der Waals surface area contributed by atoms with Crippen LogP contribution in [0.4, 0.5) is 5.69 Å². The summed E-state index contributed by atoms with van der Waals surface area (Å²) < 4.78 is 5.05. The van der Waals surface area contributed by atoms with Gasteiger partial charge in [0.2, 0.25) is 0 Å². The van der Waals surface area contributed by atoms with Crippen LogP contribution in [0.3, 0.4) is 0 Å². The maximum absolute atomic E-state index is 11.5. The third kappa shape index (κ3) is 2.74. The number of aliphatic carboxylic acids is 1. The van der Waals surface area contributed by atoms with E-state index in [2.05, 4.69) is 0 Å². The Kier molecular flexibility index (Phi) is 3.92. The van der Waals surface area contributed by atoms with Gasteiger partial charge in [-0.05, 0) is 30.9 Å². The first-order valence-corrected chi connectivity index (χ1v) is 6.53. The molecule has 0 saturated heterocycles. The predicted octanol–water partition coefficient (Wildman–Crippen LogP) is 2.79. The van der Waals surface area contributed by atoms with Gasteiger partial charge in [0, 0.05) is 6.07 Å². The number of benzene rings is 1. The Labute approximate surface area is 116 Å². The Morgan fingerprint density at radius 1 is 1.40 bits per heavy atom. The molecule has 2 rings (SSSR count). The first kappa shape index (κ1) is 14.3. The van der Waals surface area contributed by atoms with E-state index < -0.39 is 16.3 Å². The zero-order chi connectivity index (χ0) is 14.8. The smallest absolute Gasteiger partial charge is 0.309 e. The number of hydrogen-bond acceptors (Lipinski definition) is 4. The van der Waals surface area contributed by atoms with E-state index in [1.165, 1.54) is 19.2 Å². The minimum Gasteiger partial charge on any atom is -0.496 e. The van der Waals surface area contributed by atoms with Gasteiger partial charge in [0.25, 0.3) is 5.69 Å². The van der Waals surface area contributed by atoms with Crippen molar-refractivity contribution in [3.63, 3.8) is 0 Å². The number of carboxylic acids is 1. The van der Waals surface area contributed by atoms with Gasteiger partial charge >= 0.3 is 5.97 Å². The quantitative estimate of drug-likeness (QED) is 0.661. The molecular formula is C14H17NO5. The molecule has 0 atom stereocenters. The van der Waals surface area contributed by atoms with Crippen LogP contribution in [0.5, 0.6) is 5.75 Å². The molecule has 0 aromatic heterocycles. The lowest BCUT2D eigenvalue weighted by Crippen LogP contribution is -2.30. The lowest BCUT2D eigenvalue weighted by atomic mass is 9.80. The van der Waals surface area contributed by atoms with Crippen LogP contribution < -0.4 is 4.74 Å². The van der Waals surface area contributed by atoms with Crippen LogP contribution in [0.2, 0.25) is 0 Å². The third-order valence-electron chi connectivity index (χ3n) is 3.95. The van der Waals surface area contributed by atoms with Crippen molar-refractivity contribution in [2.75, 3.05) is 7.11 Å². The molecule has 0 amide bonds. The van der Waals surface area contributed by atoms with Gasteiger partial charge in [-0.25, -0.2) is 0 Å². The molecule has 20 heavy (non-hydrogen) atoms. The Bertz CT molecular complexity index is 534. The molecule has 1 N–H and O–H groups in total. The minimum atomic E-state index is -0.819. The SMILES string of the molecule is COc1cc(CC2(C(=O)O)CCCC2)cc([N+](=O)[O-])c1. The summed E-state index contributed by atoms with van der Waals surface area (Å²) in [6.07, 6.45) is 3.32. The van der Waals surface area contributed by atoms with Gasteiger partial charge in [0.05, 0.1) is 23.5 Å². The fraction of sp³-hybridized carbons (Fsp3) is 0.500. The second-order valence-corrected chi connectivity index (χ2v) is 5.27. The summed E-state index contributed by atoms with van der Waals surface area (Å²) >= 11 is 0. The van der Waals surface area contributed by atoms with Gasteiger partial charge in [0.1, 0.15) is 5.75 Å². The number of rotatable bonds is 5. The largest absolute Gasteiger partial charge is 0.496 e. The van der Waals surface area contributed by atoms with Crippen LogP contribution in [0.25, 0.3) is 0 Å². The van der Waals surface area contributed by atoms with Crippen LogP contribution in [-0.4, -0.2) is 23.1 Å². The average Bonchev–Trinajstić information content (AvgIpc) is 2.88. The minimum absolute atomic E-state index is 0.0714. The van der Waals surface area contributed by atoms with Gasteiger partial charge in [-0.15, -0.1) is 0 Å². The fourth-order valence-corrected chi connectivity index (χ4v) is 2.88. The van der Waals surface area contributed by atoms with E-state index in [1.807, 2.05) is 0 Å². The lowest BCUT2D eigenvalue weighted by Gasteiger charge is -2.23. The summed E-state index contributed by atoms with van der Waals surface area (Å²) in [5.41, 5.74) is -0.224. The van der Waals surface area contributed by atoms with Crippen LogP contribution >= 0.6 is 0 Å². The topological polar surface area (TPSA) is 89.7 Å². The molecule has 1 aromatic rings. The average molecular weight is 279 g/mol. The molecule has 0 aliphatic heterocycles. The van der Waals surface area contributed by atoms with E-state index in [0.717, 1.165) is 12.8 Å². The standard InChI is InChI=1S/C14H17NO5/c1-20-12-7-10(6-11(8-12)15(18)19)9-14(13(16)17)4-2-3-5-14/h6-8H,2-5,9H2,1H3,(H,16,17). The summed E-state index contributed by atoms with van der Waals surface area (Å²) in [5, 5.41) is 20.4. The number of nitro groups is 1. The number of nitro benzene ring substituents is 1. The highest BCUT2D eigenvalue weighted by Gasteiger charge is 2.41. The first-order chi connectivity index (χ1) is 9.47. The molecule has 6 heteroatoms. The molecule has 1 aliphatic rings. The number of hydrogen-bond donors (Lipinski definition) is 1. The number of non-ortho nitro benzene ring substituents is 1. The van der Waals surface area contributed by atoms with E-state index in [-0.39, 0.29) is 5.69 Å². The normalized spacial score (nSPS) is 16.9. The van der Waals surface area contributed by atoms with Gasteiger partial charge in [-0.2, -0.15) is 0 Å². The molecule has 0 heterocycles. The van der Waals surface area contributed by atoms with Gasteiger partial charge in [-0.1, -0.05) is 12.8 Å². The molecule has 0 spiro atoms. The lowest BCUT2D eigenvalue weighted by molar-refractivity contribution is -0.385. The number of nitrogens with zero attached hydrogens (tertiary/aromatic N) is 1. The summed E-state index contributed by atoms with van der Waals surface area (Å²) in [6.45, 7) is 0. The highest BCUT2D eigenvalue weighted by Crippen LogP contribution is 2.42. The van der Waals surface area contributed by atoms with Crippen molar-refractivity contribution < 1.29 is 19.6 Å². The van der Waals surface area contributed by atoms with Crippen molar-refractivity contribution in [1.29, 1.82) is 0 Å². The van der Waals surface area contributed by atoms with Crippen molar-refractivity contribution >= 4 is 11.7 Å². The maximum atomic E-state index is 11.5. The summed E-state index contributed by atoms with van der Waals surface area (Å²) in [4.78, 5) is 21.9. The molecule has 6 nitrogen and oxygen atoms in total. The van der Waals surface area contributed by atoms with E-state index in [4.69, 9.17) is 4.74 Å². The van der Waals surface area contributed by atoms with E-state index >= 15 is 0 Å². The molecule has 0 bridgehead atoms. The molecule has 1 fully saturated rings. The third-order valence-corrected chi connectivity index (χ3v) is 3.95. The van der Waals surface area contributed by atoms with Crippen LogP contribution in [-0.2, 0) is 11.2 Å². The Balaban J connectivity index is 2.34. The highest BCUT2D eigenvalue weighted by atomic mass is 16.6. The second-order valence-electron chi connectivity index (χ2n) is 5.27. The summed E-state index contributed by atoms with van der Waals surface area (Å²) in [7, 11) is 1.44. The molecule has 0 unspecified atom stereocenters. The number of carboxylic acid groups (broad SMARTS) is 1. The van der Waals surface area contributed by atoms with E-state index in [9.17, 15) is 20.0 Å². The zero-order valence-corrected chi connectivity index (χ0v) is 11.3. The monoisotopic (exact) mass is 279 g/mol. The Morgan fingerprint density at radius 2 is 2.05 bits per heavy atom. The van der Waals surface area contributed by atoms with Gasteiger partial charge < -0.3 is 9.84 Å². The number of methoxy groups -OCH3 is 1. The molecule has 0 radical (unpaired) electrons. The predicted molar refractivity (Wildman–Crippen MR) is 71.9 cm³/mol. The highest BCUT2D eigenvalue weighted by molar-refractivity contribution is 5.75. The second kappa shape index (κ2) is 5.48.